The zero-order valence-corrected chi connectivity index (χ0v) is 13.6. The number of hydrogen-bond acceptors (Lipinski definition) is 2. The summed E-state index contributed by atoms with van der Waals surface area (Å²) in [5.41, 5.74) is 3.94. The molecule has 24 heavy (non-hydrogen) atoms. The first-order valence-corrected chi connectivity index (χ1v) is 8.33. The highest BCUT2D eigenvalue weighted by Gasteiger charge is 2.34. The molecular weight excluding hydrogens is 296 g/mol. The molecule has 0 spiro atoms. The quantitative estimate of drug-likeness (QED) is 0.668. The fraction of sp³-hybridized carbons (Fsp3) is 0.227. The van der Waals surface area contributed by atoms with Gasteiger partial charge in [-0.1, -0.05) is 47.7 Å². The topological polar surface area (TPSA) is 26.3 Å². The van der Waals surface area contributed by atoms with Crippen LogP contribution in [0.15, 0.2) is 59.9 Å². The average molecular weight is 314 g/mol. The lowest BCUT2D eigenvalue weighted by Gasteiger charge is -2.29. The molecule has 118 valence electrons. The minimum absolute atomic E-state index is 0.175. The highest BCUT2D eigenvalue weighted by Crippen LogP contribution is 2.42. The summed E-state index contributed by atoms with van der Waals surface area (Å²) in [6.45, 7) is 2.06. The Hall–Kier alpha value is -2.79. The third kappa shape index (κ3) is 2.63. The van der Waals surface area contributed by atoms with Crippen molar-refractivity contribution in [2.24, 2.45) is 0 Å². The molecule has 0 saturated heterocycles. The summed E-state index contributed by atoms with van der Waals surface area (Å²) in [7, 11) is 0. The van der Waals surface area contributed by atoms with Gasteiger partial charge in [0.05, 0.1) is 11.5 Å². The second-order valence-corrected chi connectivity index (χ2v) is 6.32. The number of aryl methyl sites for hydroxylation is 1. The normalized spacial score (nSPS) is 18.9. The van der Waals surface area contributed by atoms with Gasteiger partial charge in [0, 0.05) is 24.0 Å². The van der Waals surface area contributed by atoms with Crippen LogP contribution in [-0.2, 0) is 4.79 Å². The first-order valence-electron chi connectivity index (χ1n) is 8.33. The number of carbonyl (C=O) groups is 1. The SMILES string of the molecule is Cc1ccc(C#CC2C3=C(CCCC3=O)Oc3ccccc32)cc1. The molecule has 1 atom stereocenters. The van der Waals surface area contributed by atoms with Crippen LogP contribution in [0.4, 0.5) is 0 Å². The van der Waals surface area contributed by atoms with E-state index in [0.717, 1.165) is 41.1 Å². The highest BCUT2D eigenvalue weighted by atomic mass is 16.5. The maximum absolute atomic E-state index is 12.5. The summed E-state index contributed by atoms with van der Waals surface area (Å²) < 4.78 is 6.00. The van der Waals surface area contributed by atoms with Gasteiger partial charge in [-0.05, 0) is 31.5 Å². The Morgan fingerprint density at radius 1 is 1.04 bits per heavy atom. The Kier molecular flexibility index (Phi) is 3.70. The molecule has 2 aliphatic rings. The number of allylic oxidation sites excluding steroid dienone is 2. The summed E-state index contributed by atoms with van der Waals surface area (Å²) in [5, 5.41) is 0. The number of benzene rings is 2. The van der Waals surface area contributed by atoms with Crippen molar-refractivity contribution in [1.29, 1.82) is 0 Å². The van der Waals surface area contributed by atoms with Gasteiger partial charge in [0.15, 0.2) is 5.78 Å². The van der Waals surface area contributed by atoms with Gasteiger partial charge < -0.3 is 4.74 Å². The monoisotopic (exact) mass is 314 g/mol. The smallest absolute Gasteiger partial charge is 0.163 e. The summed E-state index contributed by atoms with van der Waals surface area (Å²) in [4.78, 5) is 12.5. The van der Waals surface area contributed by atoms with Crippen molar-refractivity contribution in [2.75, 3.05) is 0 Å². The zero-order valence-electron chi connectivity index (χ0n) is 13.6. The lowest BCUT2D eigenvalue weighted by atomic mass is 9.81. The van der Waals surface area contributed by atoms with E-state index in [4.69, 9.17) is 4.74 Å². The molecule has 0 amide bonds. The van der Waals surface area contributed by atoms with Gasteiger partial charge in [-0.15, -0.1) is 0 Å². The zero-order chi connectivity index (χ0) is 16.5. The van der Waals surface area contributed by atoms with Crippen LogP contribution in [-0.4, -0.2) is 5.78 Å². The molecule has 0 radical (unpaired) electrons. The highest BCUT2D eigenvalue weighted by molar-refractivity contribution is 5.99. The Morgan fingerprint density at radius 3 is 2.67 bits per heavy atom. The van der Waals surface area contributed by atoms with Gasteiger partial charge >= 0.3 is 0 Å². The maximum Gasteiger partial charge on any atom is 0.163 e. The molecule has 2 heteroatoms. The van der Waals surface area contributed by atoms with Crippen molar-refractivity contribution in [3.63, 3.8) is 0 Å². The van der Waals surface area contributed by atoms with Crippen LogP contribution in [0.2, 0.25) is 0 Å². The van der Waals surface area contributed by atoms with Crippen LogP contribution in [0.25, 0.3) is 0 Å². The predicted octanol–water partition coefficient (Wildman–Crippen LogP) is 4.53. The summed E-state index contributed by atoms with van der Waals surface area (Å²) >= 11 is 0. The van der Waals surface area contributed by atoms with Gasteiger partial charge in [0.25, 0.3) is 0 Å². The largest absolute Gasteiger partial charge is 0.461 e. The van der Waals surface area contributed by atoms with E-state index in [1.54, 1.807) is 0 Å². The molecule has 0 fully saturated rings. The predicted molar refractivity (Wildman–Crippen MR) is 93.8 cm³/mol. The molecule has 4 rings (SSSR count). The molecule has 0 aromatic heterocycles. The van der Waals surface area contributed by atoms with Gasteiger partial charge in [0.2, 0.25) is 0 Å². The van der Waals surface area contributed by atoms with E-state index in [9.17, 15) is 4.79 Å². The molecular formula is C22H18O2. The number of Topliss-reactive ketones (excluding diaryl/α,β-unsaturated/α-hetero) is 1. The second-order valence-electron chi connectivity index (χ2n) is 6.32. The van der Waals surface area contributed by atoms with Gasteiger partial charge in [-0.2, -0.15) is 0 Å². The molecule has 0 N–H and O–H groups in total. The fourth-order valence-electron chi connectivity index (χ4n) is 3.30. The maximum atomic E-state index is 12.5. The Balaban J connectivity index is 1.80. The standard InChI is InChI=1S/C22H18O2/c1-15-9-11-16(12-10-15)13-14-18-17-5-2-3-7-20(17)24-21-8-4-6-19(23)22(18)21/h2-3,5,7,9-12,18H,4,6,8H2,1H3. The van der Waals surface area contributed by atoms with Crippen molar-refractivity contribution in [3.05, 3.63) is 76.6 Å². The summed E-state index contributed by atoms with van der Waals surface area (Å²) in [5.74, 6) is 8.20. The van der Waals surface area contributed by atoms with Gasteiger partial charge in [-0.3, -0.25) is 4.79 Å². The van der Waals surface area contributed by atoms with Crippen LogP contribution in [0, 0.1) is 18.8 Å². The Morgan fingerprint density at radius 2 is 1.83 bits per heavy atom. The number of carbonyl (C=O) groups excluding carboxylic acids is 1. The van der Waals surface area contributed by atoms with Gasteiger partial charge in [0.1, 0.15) is 11.5 Å². The van der Waals surface area contributed by atoms with Crippen molar-refractivity contribution in [1.82, 2.24) is 0 Å². The van der Waals surface area contributed by atoms with Crippen LogP contribution in [0.3, 0.4) is 0 Å². The number of rotatable bonds is 0. The Bertz CT molecular complexity index is 892. The van der Waals surface area contributed by atoms with Crippen molar-refractivity contribution >= 4 is 5.78 Å². The van der Waals surface area contributed by atoms with Crippen LogP contribution < -0.4 is 4.74 Å². The minimum atomic E-state index is -0.195. The van der Waals surface area contributed by atoms with E-state index in [1.165, 1.54) is 5.56 Å². The van der Waals surface area contributed by atoms with Crippen LogP contribution in [0.5, 0.6) is 5.75 Å². The lowest BCUT2D eigenvalue weighted by molar-refractivity contribution is -0.116. The number of ether oxygens (including phenoxy) is 1. The van der Waals surface area contributed by atoms with E-state index in [-0.39, 0.29) is 11.7 Å². The number of ketones is 1. The molecule has 0 saturated carbocycles. The molecule has 1 aliphatic heterocycles. The fourth-order valence-corrected chi connectivity index (χ4v) is 3.30. The summed E-state index contributed by atoms with van der Waals surface area (Å²) in [6, 6.07) is 16.0. The van der Waals surface area contributed by atoms with Crippen molar-refractivity contribution in [3.8, 4) is 17.6 Å². The Labute approximate surface area is 142 Å². The lowest BCUT2D eigenvalue weighted by Crippen LogP contribution is -2.24. The molecule has 2 nitrogen and oxygen atoms in total. The third-order valence-corrected chi connectivity index (χ3v) is 4.57. The number of fused-ring (bicyclic) bond motifs is 1. The number of hydrogen-bond donors (Lipinski definition) is 0. The van der Waals surface area contributed by atoms with E-state index in [0.29, 0.717) is 6.42 Å². The summed E-state index contributed by atoms with van der Waals surface area (Å²) in [6.07, 6.45) is 2.27. The van der Waals surface area contributed by atoms with Crippen molar-refractivity contribution in [2.45, 2.75) is 32.1 Å². The van der Waals surface area contributed by atoms with E-state index in [1.807, 2.05) is 36.4 Å². The molecule has 1 aliphatic carbocycles. The third-order valence-electron chi connectivity index (χ3n) is 4.57. The molecule has 2 aromatic rings. The van der Waals surface area contributed by atoms with E-state index < -0.39 is 0 Å². The van der Waals surface area contributed by atoms with E-state index in [2.05, 4.69) is 30.9 Å². The van der Waals surface area contributed by atoms with Crippen LogP contribution >= 0.6 is 0 Å². The first kappa shape index (κ1) is 14.8. The van der Waals surface area contributed by atoms with Crippen LogP contribution in [0.1, 0.15) is 41.9 Å². The molecule has 0 bridgehead atoms. The van der Waals surface area contributed by atoms with Crippen molar-refractivity contribution < 1.29 is 9.53 Å². The molecule has 1 heterocycles. The minimum Gasteiger partial charge on any atom is -0.461 e. The molecule has 2 aromatic carbocycles. The van der Waals surface area contributed by atoms with E-state index >= 15 is 0 Å². The second kappa shape index (κ2) is 6.02. The average Bonchev–Trinajstić information content (AvgIpc) is 2.60. The molecule has 1 unspecified atom stereocenters. The first-order chi connectivity index (χ1) is 11.7. The number of para-hydroxylation sites is 1. The van der Waals surface area contributed by atoms with Gasteiger partial charge in [-0.25, -0.2) is 0 Å².